The molecule has 2 heterocycles. The normalized spacial score (nSPS) is 20.2. The Morgan fingerprint density at radius 2 is 1.78 bits per heavy atom. The SMILES string of the molecule is [2H]CN1CCC[C@@]1(C[2H])C(=O)N[C@H](C(=O)N(C)[C@H](C[C@@H](NC(C)=O)c1nc(C(=O)N[C@@H](Cc2ccccc2)C[C@H](C)C(=O)O)cs1)C(C)C)[C@@H](C)CC. The number of thiazole rings is 1. The summed E-state index contributed by atoms with van der Waals surface area (Å²) >= 11 is 1.21. The monoisotopic (exact) mass is 728 g/mol. The maximum absolute atomic E-state index is 14.3. The van der Waals surface area contributed by atoms with Crippen molar-refractivity contribution >= 4 is 40.9 Å². The number of carbonyl (C=O) groups excluding carboxylic acids is 4. The van der Waals surface area contributed by atoms with Gasteiger partial charge in [-0.25, -0.2) is 4.98 Å². The molecular weight excluding hydrogens is 669 g/mol. The molecule has 12 nitrogen and oxygen atoms in total. The minimum atomic E-state index is -1.15. The zero-order chi connectivity index (χ0) is 39.5. The van der Waals surface area contributed by atoms with Crippen LogP contribution in [0, 0.1) is 17.8 Å². The number of amides is 4. The largest absolute Gasteiger partial charge is 0.481 e. The van der Waals surface area contributed by atoms with Gasteiger partial charge in [0.25, 0.3) is 5.91 Å². The Bertz CT molecular complexity index is 1550. The number of likely N-dealkylation sites (N-methyl/N-ethyl adjacent to an activating group) is 2. The number of likely N-dealkylation sites (tertiary alicyclic amines) is 1. The smallest absolute Gasteiger partial charge is 0.306 e. The van der Waals surface area contributed by atoms with Crippen molar-refractivity contribution in [2.24, 2.45) is 17.8 Å². The van der Waals surface area contributed by atoms with Crippen molar-refractivity contribution in [3.05, 3.63) is 52.0 Å². The lowest BCUT2D eigenvalue weighted by atomic mass is 9.91. The van der Waals surface area contributed by atoms with Crippen LogP contribution in [0.1, 0.15) is 110 Å². The van der Waals surface area contributed by atoms with Gasteiger partial charge in [0.1, 0.15) is 16.7 Å². The number of benzene rings is 1. The number of aromatic nitrogens is 1. The summed E-state index contributed by atoms with van der Waals surface area (Å²) in [6, 6.07) is 7.14. The zero-order valence-corrected chi connectivity index (χ0v) is 31.9. The fraction of sp³-hybridized carbons (Fsp3) is 0.632. The Balaban J connectivity index is 1.84. The van der Waals surface area contributed by atoms with Crippen molar-refractivity contribution in [3.63, 3.8) is 0 Å². The molecule has 1 aromatic carbocycles. The topological polar surface area (TPSA) is 161 Å². The second-order valence-corrected chi connectivity index (χ2v) is 15.3. The minimum Gasteiger partial charge on any atom is -0.481 e. The Morgan fingerprint density at radius 1 is 1.08 bits per heavy atom. The van der Waals surface area contributed by atoms with E-state index in [-0.39, 0.29) is 56.1 Å². The fourth-order valence-corrected chi connectivity index (χ4v) is 7.41. The van der Waals surface area contributed by atoms with Gasteiger partial charge in [-0.1, -0.05) is 71.4 Å². The molecule has 13 heteroatoms. The molecule has 0 spiro atoms. The van der Waals surface area contributed by atoms with Crippen LogP contribution in [-0.4, -0.2) is 93.8 Å². The van der Waals surface area contributed by atoms with Gasteiger partial charge in [0.05, 0.1) is 17.5 Å². The number of rotatable bonds is 18. The van der Waals surface area contributed by atoms with Gasteiger partial charge in [0.2, 0.25) is 17.7 Å². The zero-order valence-electron chi connectivity index (χ0n) is 33.1. The van der Waals surface area contributed by atoms with Crippen molar-refractivity contribution in [2.75, 3.05) is 20.6 Å². The summed E-state index contributed by atoms with van der Waals surface area (Å²) in [6.07, 6.45) is 2.72. The van der Waals surface area contributed by atoms with Crippen LogP contribution in [0.4, 0.5) is 0 Å². The maximum Gasteiger partial charge on any atom is 0.306 e. The Labute approximate surface area is 310 Å². The summed E-state index contributed by atoms with van der Waals surface area (Å²) < 4.78 is 16.2. The predicted octanol–water partition coefficient (Wildman–Crippen LogP) is 4.66. The molecule has 282 valence electrons. The van der Waals surface area contributed by atoms with Crippen molar-refractivity contribution in [1.29, 1.82) is 0 Å². The molecule has 0 radical (unpaired) electrons. The molecule has 0 unspecified atom stereocenters. The molecule has 4 N–H and O–H groups in total. The first-order valence-corrected chi connectivity index (χ1v) is 18.7. The summed E-state index contributed by atoms with van der Waals surface area (Å²) in [5, 5.41) is 20.6. The van der Waals surface area contributed by atoms with E-state index in [0.29, 0.717) is 37.2 Å². The molecule has 1 aromatic heterocycles. The van der Waals surface area contributed by atoms with E-state index in [2.05, 4.69) is 20.9 Å². The van der Waals surface area contributed by atoms with Crippen molar-refractivity contribution < 1.29 is 31.8 Å². The molecule has 0 saturated carbocycles. The lowest BCUT2D eigenvalue weighted by molar-refractivity contribution is -0.142. The highest BCUT2D eigenvalue weighted by atomic mass is 32.1. The molecule has 1 aliphatic rings. The Hall–Kier alpha value is -3.84. The summed E-state index contributed by atoms with van der Waals surface area (Å²) in [6.45, 7) is 11.1. The number of hydrogen-bond acceptors (Lipinski definition) is 8. The highest BCUT2D eigenvalue weighted by Gasteiger charge is 2.44. The van der Waals surface area contributed by atoms with Gasteiger partial charge in [-0.05, 0) is 70.0 Å². The number of nitrogens with one attached hydrogen (secondary N) is 3. The third kappa shape index (κ3) is 11.1. The standard InChI is InChI=1S/C38H58N6O6S/c1-10-24(4)32(42-37(50)38(7)17-14-18-43(38)8)35(47)44(9)31(23(2)3)21-29(39-26(6)45)34-41-30(22-51-34)33(46)40-28(19-25(5)36(48)49)20-27-15-12-11-13-16-27/h11-13,15-16,22-25,28-29,31-32H,10,14,17-21H2,1-9H3,(H,39,45)(H,40,46)(H,42,50)(H,48,49)/t24-,25-,28+,29+,31+,32-,38-/m0/s1/i7D,8D. The Kier molecular flexibility index (Phi) is 14.0. The van der Waals surface area contributed by atoms with Crippen LogP contribution in [0.5, 0.6) is 0 Å². The highest BCUT2D eigenvalue weighted by molar-refractivity contribution is 7.09. The van der Waals surface area contributed by atoms with E-state index in [1.54, 1.807) is 29.2 Å². The summed E-state index contributed by atoms with van der Waals surface area (Å²) in [5.74, 6) is -3.37. The minimum absolute atomic E-state index is 0.0700. The number of carbonyl (C=O) groups is 5. The maximum atomic E-state index is 14.3. The first-order chi connectivity index (χ1) is 25.1. The molecule has 1 fully saturated rings. The highest BCUT2D eigenvalue weighted by Crippen LogP contribution is 2.30. The fourth-order valence-electron chi connectivity index (χ4n) is 6.55. The quantitative estimate of drug-likeness (QED) is 0.173. The number of carboxylic acids is 1. The molecular formula is C38H58N6O6S. The molecule has 51 heavy (non-hydrogen) atoms. The molecule has 2 aromatic rings. The van der Waals surface area contributed by atoms with Crippen LogP contribution < -0.4 is 16.0 Å². The number of carboxylic acid groups (broad SMARTS) is 1. The van der Waals surface area contributed by atoms with Gasteiger partial charge >= 0.3 is 5.97 Å². The average Bonchev–Trinajstić information content (AvgIpc) is 3.80. The van der Waals surface area contributed by atoms with Gasteiger partial charge < -0.3 is 26.0 Å². The summed E-state index contributed by atoms with van der Waals surface area (Å²) in [7, 11) is 1.59. The first-order valence-electron chi connectivity index (χ1n) is 19.2. The lowest BCUT2D eigenvalue weighted by Crippen LogP contribution is -2.60. The van der Waals surface area contributed by atoms with Crippen LogP contribution in [0.2, 0.25) is 0 Å². The van der Waals surface area contributed by atoms with E-state index >= 15 is 0 Å². The van der Waals surface area contributed by atoms with E-state index in [4.69, 9.17) is 2.74 Å². The van der Waals surface area contributed by atoms with Gasteiger partial charge in [0.15, 0.2) is 0 Å². The number of aliphatic carboxylic acids is 1. The van der Waals surface area contributed by atoms with Gasteiger partial charge in [0, 0.05) is 34.2 Å². The van der Waals surface area contributed by atoms with Crippen LogP contribution in [-0.2, 0) is 25.6 Å². The number of nitrogens with zero attached hydrogens (tertiary/aromatic N) is 3. The predicted molar refractivity (Wildman–Crippen MR) is 199 cm³/mol. The van der Waals surface area contributed by atoms with Crippen molar-refractivity contribution in [2.45, 2.75) is 117 Å². The van der Waals surface area contributed by atoms with Crippen molar-refractivity contribution in [1.82, 2.24) is 30.7 Å². The summed E-state index contributed by atoms with van der Waals surface area (Å²) in [5.41, 5.74) is -0.0492. The number of hydrogen-bond donors (Lipinski definition) is 4. The average molecular weight is 729 g/mol. The van der Waals surface area contributed by atoms with Gasteiger partial charge in [-0.3, -0.25) is 28.9 Å². The molecule has 3 rings (SSSR count). The Morgan fingerprint density at radius 3 is 2.37 bits per heavy atom. The van der Waals surface area contributed by atoms with E-state index < -0.39 is 53.4 Å². The second-order valence-electron chi connectivity index (χ2n) is 14.4. The van der Waals surface area contributed by atoms with Crippen LogP contribution >= 0.6 is 11.3 Å². The van der Waals surface area contributed by atoms with E-state index in [0.717, 1.165) is 5.56 Å². The lowest BCUT2D eigenvalue weighted by Gasteiger charge is -2.38. The van der Waals surface area contributed by atoms with Gasteiger partial charge in [-0.15, -0.1) is 11.3 Å². The molecule has 0 bridgehead atoms. The molecule has 1 saturated heterocycles. The van der Waals surface area contributed by atoms with Crippen LogP contribution in [0.3, 0.4) is 0 Å². The van der Waals surface area contributed by atoms with Gasteiger partial charge in [-0.2, -0.15) is 0 Å². The summed E-state index contributed by atoms with van der Waals surface area (Å²) in [4.78, 5) is 73.6. The van der Waals surface area contributed by atoms with Crippen LogP contribution in [0.25, 0.3) is 0 Å². The third-order valence-corrected chi connectivity index (χ3v) is 11.0. The molecule has 0 aliphatic carbocycles. The molecule has 4 amide bonds. The van der Waals surface area contributed by atoms with E-state index in [9.17, 15) is 29.1 Å². The molecule has 7 atom stereocenters. The van der Waals surface area contributed by atoms with Crippen LogP contribution in [0.15, 0.2) is 35.7 Å². The molecule has 1 aliphatic heterocycles. The second kappa shape index (κ2) is 18.6. The third-order valence-electron chi connectivity index (χ3n) is 10.1. The van der Waals surface area contributed by atoms with E-state index in [1.807, 2.05) is 58.0 Å². The first kappa shape index (κ1) is 38.4. The van der Waals surface area contributed by atoms with Crippen molar-refractivity contribution in [3.8, 4) is 0 Å². The van der Waals surface area contributed by atoms with E-state index in [1.165, 1.54) is 18.3 Å².